The van der Waals surface area contributed by atoms with Crippen LogP contribution >= 0.6 is 23.4 Å². The number of hydrogen-bond acceptors (Lipinski definition) is 3. The van der Waals surface area contributed by atoms with Crippen LogP contribution in [0, 0.1) is 6.92 Å². The molecule has 0 aromatic heterocycles. The first kappa shape index (κ1) is 14.5. The van der Waals surface area contributed by atoms with E-state index in [-0.39, 0.29) is 0 Å². The van der Waals surface area contributed by atoms with E-state index in [1.165, 1.54) is 5.56 Å². The quantitative estimate of drug-likeness (QED) is 0.881. The first-order valence-corrected chi connectivity index (χ1v) is 8.35. The van der Waals surface area contributed by atoms with Crippen molar-refractivity contribution in [3.63, 3.8) is 0 Å². The summed E-state index contributed by atoms with van der Waals surface area (Å²) in [4.78, 5) is 4.76. The number of rotatable bonds is 3. The molecule has 0 saturated heterocycles. The van der Waals surface area contributed by atoms with Crippen molar-refractivity contribution in [2.75, 3.05) is 11.1 Å². The highest BCUT2D eigenvalue weighted by molar-refractivity contribution is 8.14. The summed E-state index contributed by atoms with van der Waals surface area (Å²) in [7, 11) is 0. The zero-order valence-electron chi connectivity index (χ0n) is 11.8. The number of nitrogens with zero attached hydrogens (tertiary/aromatic N) is 1. The Morgan fingerprint density at radius 1 is 1.24 bits per heavy atom. The van der Waals surface area contributed by atoms with E-state index in [0.29, 0.717) is 6.04 Å². The van der Waals surface area contributed by atoms with Crippen LogP contribution in [-0.4, -0.2) is 17.0 Å². The maximum Gasteiger partial charge on any atom is 0.161 e. The molecule has 0 radical (unpaired) electrons. The lowest BCUT2D eigenvalue weighted by Gasteiger charge is -2.06. The van der Waals surface area contributed by atoms with Crippen molar-refractivity contribution in [1.29, 1.82) is 0 Å². The molecule has 1 heterocycles. The van der Waals surface area contributed by atoms with Gasteiger partial charge in [0.05, 0.1) is 6.04 Å². The number of anilines is 1. The molecule has 0 amide bonds. The standard InChI is InChI=1S/C17H17ClN2S/c1-12-7-8-14(10-16(12)18)19-17-20-15(11-21-17)9-13-5-3-2-4-6-13/h2-8,10,15H,9,11H2,1H3,(H,19,20). The molecular weight excluding hydrogens is 300 g/mol. The molecule has 0 fully saturated rings. The smallest absolute Gasteiger partial charge is 0.161 e. The minimum absolute atomic E-state index is 0.348. The minimum atomic E-state index is 0.348. The third kappa shape index (κ3) is 3.80. The van der Waals surface area contributed by atoms with E-state index in [1.54, 1.807) is 11.8 Å². The third-order valence-corrected chi connectivity index (χ3v) is 4.89. The van der Waals surface area contributed by atoms with Crippen LogP contribution in [0.25, 0.3) is 0 Å². The summed E-state index contributed by atoms with van der Waals surface area (Å²) in [5, 5.41) is 5.12. The average Bonchev–Trinajstić information content (AvgIpc) is 2.91. The fraction of sp³-hybridized carbons (Fsp3) is 0.235. The Hall–Kier alpha value is -1.45. The van der Waals surface area contributed by atoms with Gasteiger partial charge in [0.2, 0.25) is 0 Å². The lowest BCUT2D eigenvalue weighted by Crippen LogP contribution is -2.08. The topological polar surface area (TPSA) is 24.4 Å². The summed E-state index contributed by atoms with van der Waals surface area (Å²) in [5.74, 6) is 1.02. The predicted molar refractivity (Wildman–Crippen MR) is 93.6 cm³/mol. The molecule has 2 aromatic rings. The molecule has 1 unspecified atom stereocenters. The van der Waals surface area contributed by atoms with Crippen LogP contribution < -0.4 is 5.32 Å². The average molecular weight is 317 g/mol. The Labute approximate surface area is 134 Å². The molecule has 21 heavy (non-hydrogen) atoms. The van der Waals surface area contributed by atoms with Gasteiger partial charge in [0.1, 0.15) is 0 Å². The Balaban J connectivity index is 1.64. The van der Waals surface area contributed by atoms with Crippen LogP contribution in [0.5, 0.6) is 0 Å². The summed E-state index contributed by atoms with van der Waals surface area (Å²) in [5.41, 5.74) is 3.42. The van der Waals surface area contributed by atoms with Gasteiger partial charge in [-0.25, -0.2) is 0 Å². The van der Waals surface area contributed by atoms with E-state index in [2.05, 4.69) is 29.6 Å². The van der Waals surface area contributed by atoms with Gasteiger partial charge in [-0.05, 0) is 36.6 Å². The highest BCUT2D eigenvalue weighted by Gasteiger charge is 2.18. The number of nitrogens with one attached hydrogen (secondary N) is 1. The van der Waals surface area contributed by atoms with Crippen molar-refractivity contribution in [1.82, 2.24) is 0 Å². The number of hydrogen-bond donors (Lipinski definition) is 1. The summed E-state index contributed by atoms with van der Waals surface area (Å²) in [6.07, 6.45) is 0.994. The van der Waals surface area contributed by atoms with Crippen molar-refractivity contribution in [2.24, 2.45) is 4.99 Å². The number of thioether (sulfide) groups is 1. The van der Waals surface area contributed by atoms with Crippen LogP contribution in [0.3, 0.4) is 0 Å². The molecule has 2 aromatic carbocycles. The predicted octanol–water partition coefficient (Wildman–Crippen LogP) is 4.77. The molecule has 0 spiro atoms. The van der Waals surface area contributed by atoms with Gasteiger partial charge in [-0.1, -0.05) is 59.8 Å². The molecule has 1 N–H and O–H groups in total. The molecule has 0 saturated carbocycles. The molecular formula is C17H17ClN2S. The van der Waals surface area contributed by atoms with E-state index in [0.717, 1.165) is 33.6 Å². The molecule has 1 atom stereocenters. The second-order valence-electron chi connectivity index (χ2n) is 5.18. The molecule has 0 bridgehead atoms. The zero-order chi connectivity index (χ0) is 14.7. The van der Waals surface area contributed by atoms with Crippen LogP contribution in [0.15, 0.2) is 53.5 Å². The summed E-state index contributed by atoms with van der Waals surface area (Å²) in [6.45, 7) is 2.00. The fourth-order valence-corrected chi connectivity index (χ4v) is 3.41. The molecule has 108 valence electrons. The Kier molecular flexibility index (Phi) is 4.51. The van der Waals surface area contributed by atoms with Crippen molar-refractivity contribution < 1.29 is 0 Å². The molecule has 4 heteroatoms. The van der Waals surface area contributed by atoms with Crippen molar-refractivity contribution in [3.05, 3.63) is 64.7 Å². The van der Waals surface area contributed by atoms with Gasteiger partial charge in [-0.3, -0.25) is 4.99 Å². The number of halogens is 1. The number of benzene rings is 2. The minimum Gasteiger partial charge on any atom is -0.335 e. The molecule has 2 nitrogen and oxygen atoms in total. The van der Waals surface area contributed by atoms with E-state index in [4.69, 9.17) is 16.6 Å². The van der Waals surface area contributed by atoms with Gasteiger partial charge in [0, 0.05) is 16.5 Å². The first-order chi connectivity index (χ1) is 10.2. The van der Waals surface area contributed by atoms with E-state index in [9.17, 15) is 0 Å². The number of amidine groups is 1. The molecule has 3 rings (SSSR count). The maximum atomic E-state index is 6.15. The fourth-order valence-electron chi connectivity index (χ4n) is 2.27. The lowest BCUT2D eigenvalue weighted by atomic mass is 10.1. The van der Waals surface area contributed by atoms with Gasteiger partial charge in [-0.2, -0.15) is 0 Å². The lowest BCUT2D eigenvalue weighted by molar-refractivity contribution is 0.762. The third-order valence-electron chi connectivity index (χ3n) is 3.45. The zero-order valence-corrected chi connectivity index (χ0v) is 13.4. The van der Waals surface area contributed by atoms with E-state index < -0.39 is 0 Å². The van der Waals surface area contributed by atoms with Gasteiger partial charge in [-0.15, -0.1) is 0 Å². The molecule has 0 aliphatic carbocycles. The van der Waals surface area contributed by atoms with Crippen LogP contribution in [-0.2, 0) is 6.42 Å². The second-order valence-corrected chi connectivity index (χ2v) is 6.59. The van der Waals surface area contributed by atoms with Gasteiger partial charge in [0.25, 0.3) is 0 Å². The Morgan fingerprint density at radius 3 is 2.81 bits per heavy atom. The van der Waals surface area contributed by atoms with Crippen molar-refractivity contribution >= 4 is 34.2 Å². The molecule has 1 aliphatic rings. The monoisotopic (exact) mass is 316 g/mol. The van der Waals surface area contributed by atoms with Crippen molar-refractivity contribution in [2.45, 2.75) is 19.4 Å². The number of aryl methyl sites for hydroxylation is 1. The van der Waals surface area contributed by atoms with Crippen LogP contribution in [0.4, 0.5) is 5.69 Å². The summed E-state index contributed by atoms with van der Waals surface area (Å²) in [6, 6.07) is 16.9. The second kappa shape index (κ2) is 6.54. The van der Waals surface area contributed by atoms with Crippen LogP contribution in [0.2, 0.25) is 5.02 Å². The highest BCUT2D eigenvalue weighted by Crippen LogP contribution is 2.25. The van der Waals surface area contributed by atoms with E-state index in [1.807, 2.05) is 31.2 Å². The Morgan fingerprint density at radius 2 is 2.05 bits per heavy atom. The number of aliphatic imine (C=N–C) groups is 1. The van der Waals surface area contributed by atoms with E-state index >= 15 is 0 Å². The normalized spacial score (nSPS) is 17.6. The summed E-state index contributed by atoms with van der Waals surface area (Å²) >= 11 is 7.92. The maximum absolute atomic E-state index is 6.15. The highest BCUT2D eigenvalue weighted by atomic mass is 35.5. The Bertz CT molecular complexity index is 655. The van der Waals surface area contributed by atoms with Crippen LogP contribution in [0.1, 0.15) is 11.1 Å². The largest absolute Gasteiger partial charge is 0.335 e. The summed E-state index contributed by atoms with van der Waals surface area (Å²) < 4.78 is 0. The first-order valence-electron chi connectivity index (χ1n) is 6.98. The van der Waals surface area contributed by atoms with Gasteiger partial charge in [0.15, 0.2) is 5.17 Å². The van der Waals surface area contributed by atoms with Crippen molar-refractivity contribution in [3.8, 4) is 0 Å². The molecule has 1 aliphatic heterocycles. The SMILES string of the molecule is Cc1ccc(NC2=NC(Cc3ccccc3)CS2)cc1Cl. The van der Waals surface area contributed by atoms with Gasteiger partial charge >= 0.3 is 0 Å². The van der Waals surface area contributed by atoms with Gasteiger partial charge < -0.3 is 5.32 Å².